The molecule has 124 valence electrons. The predicted octanol–water partition coefficient (Wildman–Crippen LogP) is 2.55. The first kappa shape index (κ1) is 18.9. The predicted molar refractivity (Wildman–Crippen MR) is 84.5 cm³/mol. The molecule has 0 bridgehead atoms. The third-order valence-corrected chi connectivity index (χ3v) is 4.19. The van der Waals surface area contributed by atoms with Gasteiger partial charge in [-0.05, 0) is 18.6 Å². The maximum Gasteiger partial charge on any atom is 0.345 e. The molecule has 2 rings (SSSR count). The fourth-order valence-corrected chi connectivity index (χ4v) is 2.51. The largest absolute Gasteiger partial charge is 0.477 e. The van der Waals surface area contributed by atoms with Crippen molar-refractivity contribution < 1.29 is 24.2 Å². The first-order valence-corrected chi connectivity index (χ1v) is 8.11. The SMILES string of the molecule is CCCCOC(=O)[C@]1(N)CCOC1.O=C(O)c1ccc(Cl)s1. The second-order valence-electron chi connectivity index (χ2n) is 4.86. The Balaban J connectivity index is 0.000000235. The third-order valence-electron chi connectivity index (χ3n) is 2.97. The molecule has 1 fully saturated rings. The van der Waals surface area contributed by atoms with Crippen molar-refractivity contribution in [3.05, 3.63) is 21.3 Å². The number of carbonyl (C=O) groups excluding carboxylic acids is 1. The summed E-state index contributed by atoms with van der Waals surface area (Å²) in [6, 6.07) is 3.05. The first-order chi connectivity index (χ1) is 10.4. The molecule has 0 spiro atoms. The lowest BCUT2D eigenvalue weighted by Crippen LogP contribution is -2.49. The molecule has 0 aliphatic carbocycles. The smallest absolute Gasteiger partial charge is 0.345 e. The van der Waals surface area contributed by atoms with Crippen LogP contribution in [0.1, 0.15) is 35.9 Å². The highest BCUT2D eigenvalue weighted by atomic mass is 35.5. The Labute approximate surface area is 138 Å². The number of esters is 1. The standard InChI is InChI=1S/C9H17NO3.C5H3ClO2S/c1-2-3-5-13-8(11)9(10)4-6-12-7-9;6-4-2-1-3(9-4)5(7)8/h2-7,10H2,1H3;1-2H,(H,7,8)/t9-;/m0./s1. The number of ether oxygens (including phenoxy) is 2. The molecule has 1 aromatic rings. The molecule has 0 radical (unpaired) electrons. The molecular formula is C14H20ClNO5S. The summed E-state index contributed by atoms with van der Waals surface area (Å²) in [4.78, 5) is 21.9. The zero-order valence-electron chi connectivity index (χ0n) is 12.3. The number of thiophene rings is 1. The van der Waals surface area contributed by atoms with Gasteiger partial charge >= 0.3 is 11.9 Å². The molecule has 1 aliphatic heterocycles. The van der Waals surface area contributed by atoms with E-state index in [0.29, 0.717) is 24.0 Å². The normalized spacial score (nSPS) is 20.1. The van der Waals surface area contributed by atoms with E-state index >= 15 is 0 Å². The van der Waals surface area contributed by atoms with Gasteiger partial charge in [-0.2, -0.15) is 0 Å². The van der Waals surface area contributed by atoms with Crippen LogP contribution in [0.3, 0.4) is 0 Å². The topological polar surface area (TPSA) is 98.9 Å². The lowest BCUT2D eigenvalue weighted by Gasteiger charge is -2.19. The number of nitrogens with two attached hydrogens (primary N) is 1. The maximum atomic E-state index is 11.4. The molecule has 1 atom stereocenters. The van der Waals surface area contributed by atoms with Gasteiger partial charge in [0.2, 0.25) is 0 Å². The van der Waals surface area contributed by atoms with Gasteiger partial charge in [0.25, 0.3) is 0 Å². The van der Waals surface area contributed by atoms with Crippen molar-refractivity contribution in [3.8, 4) is 0 Å². The van der Waals surface area contributed by atoms with E-state index in [1.165, 1.54) is 6.07 Å². The van der Waals surface area contributed by atoms with E-state index < -0.39 is 11.5 Å². The van der Waals surface area contributed by atoms with E-state index in [2.05, 4.69) is 0 Å². The van der Waals surface area contributed by atoms with Gasteiger partial charge in [0.15, 0.2) is 0 Å². The molecule has 0 saturated carbocycles. The van der Waals surface area contributed by atoms with Gasteiger partial charge in [0.1, 0.15) is 10.4 Å². The third kappa shape index (κ3) is 5.92. The van der Waals surface area contributed by atoms with Gasteiger partial charge in [-0.25, -0.2) is 9.59 Å². The lowest BCUT2D eigenvalue weighted by molar-refractivity contribution is -0.150. The van der Waals surface area contributed by atoms with Crippen molar-refractivity contribution in [2.45, 2.75) is 31.7 Å². The summed E-state index contributed by atoms with van der Waals surface area (Å²) in [5.74, 6) is -1.25. The Morgan fingerprint density at radius 3 is 2.68 bits per heavy atom. The Morgan fingerprint density at radius 1 is 1.55 bits per heavy atom. The fourth-order valence-electron chi connectivity index (χ4n) is 1.62. The Morgan fingerprint density at radius 2 is 2.27 bits per heavy atom. The van der Waals surface area contributed by atoms with Crippen LogP contribution >= 0.6 is 22.9 Å². The number of carbonyl (C=O) groups is 2. The van der Waals surface area contributed by atoms with Crippen molar-refractivity contribution >= 4 is 34.9 Å². The van der Waals surface area contributed by atoms with Crippen molar-refractivity contribution in [1.29, 1.82) is 0 Å². The van der Waals surface area contributed by atoms with Crippen LogP contribution in [0, 0.1) is 0 Å². The van der Waals surface area contributed by atoms with Crippen molar-refractivity contribution in [2.75, 3.05) is 19.8 Å². The number of hydrogen-bond acceptors (Lipinski definition) is 6. The molecule has 0 unspecified atom stereocenters. The second-order valence-corrected chi connectivity index (χ2v) is 6.57. The summed E-state index contributed by atoms with van der Waals surface area (Å²) in [5, 5.41) is 8.35. The average Bonchev–Trinajstić information content (AvgIpc) is 3.09. The molecule has 0 aromatic carbocycles. The van der Waals surface area contributed by atoms with E-state index in [-0.39, 0.29) is 17.5 Å². The lowest BCUT2D eigenvalue weighted by atomic mass is 10.0. The van der Waals surface area contributed by atoms with Crippen LogP contribution in [0.5, 0.6) is 0 Å². The molecule has 8 heteroatoms. The number of hydrogen-bond donors (Lipinski definition) is 2. The highest BCUT2D eigenvalue weighted by Gasteiger charge is 2.39. The first-order valence-electron chi connectivity index (χ1n) is 6.91. The minimum Gasteiger partial charge on any atom is -0.477 e. The number of aromatic carboxylic acids is 1. The summed E-state index contributed by atoms with van der Waals surface area (Å²) in [5.41, 5.74) is 4.90. The van der Waals surface area contributed by atoms with Crippen molar-refractivity contribution in [2.24, 2.45) is 5.73 Å². The van der Waals surface area contributed by atoms with E-state index in [4.69, 9.17) is 31.9 Å². The molecule has 22 heavy (non-hydrogen) atoms. The van der Waals surface area contributed by atoms with Crippen LogP contribution in [0.15, 0.2) is 12.1 Å². The second kappa shape index (κ2) is 9.09. The minimum absolute atomic E-state index is 0.278. The molecule has 0 amide bonds. The molecule has 2 heterocycles. The van der Waals surface area contributed by atoms with Gasteiger partial charge in [-0.3, -0.25) is 0 Å². The van der Waals surface area contributed by atoms with Gasteiger partial charge in [-0.15, -0.1) is 11.3 Å². The van der Waals surface area contributed by atoms with Crippen LogP contribution in [-0.4, -0.2) is 42.4 Å². The minimum atomic E-state index is -0.924. The summed E-state index contributed by atoms with van der Waals surface area (Å²) in [6.07, 6.45) is 2.47. The number of rotatable bonds is 5. The van der Waals surface area contributed by atoms with Crippen LogP contribution in [-0.2, 0) is 14.3 Å². The quantitative estimate of drug-likeness (QED) is 0.626. The van der Waals surface area contributed by atoms with Crippen LogP contribution < -0.4 is 5.73 Å². The van der Waals surface area contributed by atoms with Crippen molar-refractivity contribution in [1.82, 2.24) is 0 Å². The zero-order chi connectivity index (χ0) is 16.6. The van der Waals surface area contributed by atoms with E-state index in [0.717, 1.165) is 24.2 Å². The molecule has 1 aliphatic rings. The van der Waals surface area contributed by atoms with Crippen LogP contribution in [0.25, 0.3) is 0 Å². The van der Waals surface area contributed by atoms with Gasteiger partial charge in [-0.1, -0.05) is 24.9 Å². The maximum absolute atomic E-state index is 11.4. The Hall–Kier alpha value is -1.15. The number of halogens is 1. The fraction of sp³-hybridized carbons (Fsp3) is 0.571. The monoisotopic (exact) mass is 349 g/mol. The zero-order valence-corrected chi connectivity index (χ0v) is 13.9. The van der Waals surface area contributed by atoms with Gasteiger partial charge < -0.3 is 20.3 Å². The van der Waals surface area contributed by atoms with Crippen LogP contribution in [0.2, 0.25) is 4.34 Å². The van der Waals surface area contributed by atoms with E-state index in [1.54, 1.807) is 6.07 Å². The summed E-state index contributed by atoms with van der Waals surface area (Å²) in [6.45, 7) is 3.36. The summed E-state index contributed by atoms with van der Waals surface area (Å²) >= 11 is 6.52. The number of carboxylic acids is 1. The van der Waals surface area contributed by atoms with Crippen LogP contribution in [0.4, 0.5) is 0 Å². The van der Waals surface area contributed by atoms with E-state index in [1.807, 2.05) is 6.92 Å². The Kier molecular flexibility index (Phi) is 7.81. The number of carboxylic acid groups (broad SMARTS) is 1. The van der Waals surface area contributed by atoms with Gasteiger partial charge in [0, 0.05) is 13.0 Å². The molecule has 1 aromatic heterocycles. The highest BCUT2D eigenvalue weighted by molar-refractivity contribution is 7.17. The highest BCUT2D eigenvalue weighted by Crippen LogP contribution is 2.20. The van der Waals surface area contributed by atoms with Gasteiger partial charge in [0.05, 0.1) is 17.6 Å². The molecule has 3 N–H and O–H groups in total. The number of unbranched alkanes of at least 4 members (excludes halogenated alkanes) is 1. The molecule has 1 saturated heterocycles. The summed E-state index contributed by atoms with van der Waals surface area (Å²) in [7, 11) is 0. The average molecular weight is 350 g/mol. The summed E-state index contributed by atoms with van der Waals surface area (Å²) < 4.78 is 10.6. The van der Waals surface area contributed by atoms with E-state index in [9.17, 15) is 9.59 Å². The molecule has 6 nitrogen and oxygen atoms in total. The van der Waals surface area contributed by atoms with Crippen molar-refractivity contribution in [3.63, 3.8) is 0 Å². The Bertz CT molecular complexity index is 499. The molecular weight excluding hydrogens is 330 g/mol.